The first-order valence-electron chi connectivity index (χ1n) is 6.02. The van der Waals surface area contributed by atoms with Crippen LogP contribution in [0.2, 0.25) is 0 Å². The van der Waals surface area contributed by atoms with E-state index in [-0.39, 0.29) is 11.9 Å². The van der Waals surface area contributed by atoms with Gasteiger partial charge in [0, 0.05) is 0 Å². The molecule has 0 aromatic heterocycles. The summed E-state index contributed by atoms with van der Waals surface area (Å²) in [5.41, 5.74) is 7.94. The number of benzene rings is 1. The highest BCUT2D eigenvalue weighted by molar-refractivity contribution is 5.75. The average Bonchev–Trinajstić information content (AvgIpc) is 2.34. The molecule has 0 spiro atoms. The zero-order valence-corrected chi connectivity index (χ0v) is 10.8. The normalized spacial score (nSPS) is 14.1. The molecular formula is C14H21NO2. The van der Waals surface area contributed by atoms with Crippen LogP contribution in [0.15, 0.2) is 24.3 Å². The molecule has 0 saturated heterocycles. The minimum Gasteiger partial charge on any atom is -0.460 e. The summed E-state index contributed by atoms with van der Waals surface area (Å²) < 4.78 is 5.20. The van der Waals surface area contributed by atoms with Crippen molar-refractivity contribution in [3.8, 4) is 0 Å². The lowest BCUT2D eigenvalue weighted by Crippen LogP contribution is -2.37. The molecule has 0 aliphatic heterocycles. The van der Waals surface area contributed by atoms with E-state index in [0.29, 0.717) is 6.61 Å². The van der Waals surface area contributed by atoms with Crippen LogP contribution < -0.4 is 5.73 Å². The number of hydrogen-bond donors (Lipinski definition) is 1. The smallest absolute Gasteiger partial charge is 0.323 e. The van der Waals surface area contributed by atoms with E-state index in [1.165, 1.54) is 0 Å². The molecule has 0 aliphatic rings. The molecular weight excluding hydrogens is 214 g/mol. The predicted molar refractivity (Wildman–Crippen MR) is 68.4 cm³/mol. The van der Waals surface area contributed by atoms with Crippen molar-refractivity contribution >= 4 is 5.97 Å². The molecule has 1 rings (SSSR count). The van der Waals surface area contributed by atoms with Crippen molar-refractivity contribution in [2.24, 2.45) is 11.7 Å². The van der Waals surface area contributed by atoms with Gasteiger partial charge in [-0.3, -0.25) is 4.79 Å². The molecule has 0 heterocycles. The van der Waals surface area contributed by atoms with Crippen LogP contribution in [0.25, 0.3) is 0 Å². The molecule has 3 heteroatoms. The van der Waals surface area contributed by atoms with Crippen molar-refractivity contribution in [2.45, 2.75) is 39.8 Å². The third-order valence-electron chi connectivity index (χ3n) is 2.99. The number of esters is 1. The quantitative estimate of drug-likeness (QED) is 0.797. The summed E-state index contributed by atoms with van der Waals surface area (Å²) >= 11 is 0. The number of hydrogen-bond acceptors (Lipinski definition) is 3. The molecule has 1 aromatic carbocycles. The summed E-state index contributed by atoms with van der Waals surface area (Å²) in [7, 11) is 0. The first kappa shape index (κ1) is 13.7. The Balaban J connectivity index is 2.48. The predicted octanol–water partition coefficient (Wildman–Crippen LogP) is 2.41. The summed E-state index contributed by atoms with van der Waals surface area (Å²) in [6.07, 6.45) is 0.876. The topological polar surface area (TPSA) is 52.3 Å². The maximum absolute atomic E-state index is 11.7. The fourth-order valence-electron chi connectivity index (χ4n) is 1.54. The maximum Gasteiger partial charge on any atom is 0.323 e. The van der Waals surface area contributed by atoms with Gasteiger partial charge in [0.15, 0.2) is 0 Å². The lowest BCUT2D eigenvalue weighted by Gasteiger charge is -2.16. The van der Waals surface area contributed by atoms with Crippen molar-refractivity contribution in [1.29, 1.82) is 0 Å². The second kappa shape index (κ2) is 6.40. The van der Waals surface area contributed by atoms with Crippen LogP contribution in [-0.2, 0) is 16.1 Å². The molecule has 2 atom stereocenters. The minimum absolute atomic E-state index is 0.153. The number of aryl methyl sites for hydroxylation is 1. The Morgan fingerprint density at radius 3 is 2.76 bits per heavy atom. The lowest BCUT2D eigenvalue weighted by molar-refractivity contribution is -0.147. The van der Waals surface area contributed by atoms with Gasteiger partial charge in [-0.25, -0.2) is 0 Å². The Bertz CT molecular complexity index is 376. The summed E-state index contributed by atoms with van der Waals surface area (Å²) in [4.78, 5) is 11.7. The number of carbonyl (C=O) groups excluding carboxylic acids is 1. The van der Waals surface area contributed by atoms with E-state index in [9.17, 15) is 4.79 Å². The van der Waals surface area contributed by atoms with Gasteiger partial charge in [0.1, 0.15) is 12.6 Å². The van der Waals surface area contributed by atoms with Gasteiger partial charge in [-0.1, -0.05) is 50.1 Å². The molecule has 0 amide bonds. The fraction of sp³-hybridized carbons (Fsp3) is 0.500. The molecule has 0 bridgehead atoms. The highest BCUT2D eigenvalue weighted by atomic mass is 16.5. The number of ether oxygens (including phenoxy) is 1. The summed E-state index contributed by atoms with van der Waals surface area (Å²) in [5.74, 6) is -0.166. The van der Waals surface area contributed by atoms with Crippen molar-refractivity contribution in [2.75, 3.05) is 0 Å². The van der Waals surface area contributed by atoms with Gasteiger partial charge < -0.3 is 10.5 Å². The molecule has 17 heavy (non-hydrogen) atoms. The Hall–Kier alpha value is -1.35. The molecule has 1 aromatic rings. The van der Waals surface area contributed by atoms with Gasteiger partial charge in [0.05, 0.1) is 0 Å². The summed E-state index contributed by atoms with van der Waals surface area (Å²) in [6, 6.07) is 7.38. The molecule has 2 unspecified atom stereocenters. The van der Waals surface area contributed by atoms with Gasteiger partial charge in [0.2, 0.25) is 0 Å². The summed E-state index contributed by atoms with van der Waals surface area (Å²) in [6.45, 7) is 6.28. The third-order valence-corrected chi connectivity index (χ3v) is 2.99. The largest absolute Gasteiger partial charge is 0.460 e. The van der Waals surface area contributed by atoms with Crippen LogP contribution in [-0.4, -0.2) is 12.0 Å². The molecule has 3 nitrogen and oxygen atoms in total. The Kier molecular flexibility index (Phi) is 5.16. The zero-order chi connectivity index (χ0) is 12.8. The Morgan fingerprint density at radius 1 is 1.47 bits per heavy atom. The maximum atomic E-state index is 11.7. The minimum atomic E-state index is -0.523. The highest BCUT2D eigenvalue weighted by Gasteiger charge is 2.20. The molecule has 0 aliphatic carbocycles. The standard InChI is InChI=1S/C14H21NO2/c1-4-11(3)13(15)14(16)17-9-12-7-5-6-10(2)8-12/h5-8,11,13H,4,9,15H2,1-3H3. The number of rotatable bonds is 5. The van der Waals surface area contributed by atoms with Crippen LogP contribution in [0.3, 0.4) is 0 Å². The van der Waals surface area contributed by atoms with E-state index in [0.717, 1.165) is 17.5 Å². The van der Waals surface area contributed by atoms with Crippen LogP contribution in [0.1, 0.15) is 31.4 Å². The Morgan fingerprint density at radius 2 is 2.18 bits per heavy atom. The van der Waals surface area contributed by atoms with E-state index in [2.05, 4.69) is 0 Å². The second-order valence-corrected chi connectivity index (χ2v) is 4.51. The van der Waals surface area contributed by atoms with Gasteiger partial charge >= 0.3 is 5.97 Å². The van der Waals surface area contributed by atoms with Crippen molar-refractivity contribution in [3.63, 3.8) is 0 Å². The number of carbonyl (C=O) groups is 1. The van der Waals surface area contributed by atoms with Gasteiger partial charge in [-0.05, 0) is 18.4 Å². The monoisotopic (exact) mass is 235 g/mol. The van der Waals surface area contributed by atoms with E-state index < -0.39 is 6.04 Å². The average molecular weight is 235 g/mol. The van der Waals surface area contributed by atoms with Crippen LogP contribution in [0, 0.1) is 12.8 Å². The molecule has 0 radical (unpaired) electrons. The summed E-state index contributed by atoms with van der Waals surface area (Å²) in [5, 5.41) is 0. The van der Waals surface area contributed by atoms with Gasteiger partial charge in [-0.15, -0.1) is 0 Å². The van der Waals surface area contributed by atoms with E-state index in [4.69, 9.17) is 10.5 Å². The molecule has 0 fully saturated rings. The number of nitrogens with two attached hydrogens (primary N) is 1. The van der Waals surface area contributed by atoms with Crippen molar-refractivity contribution in [1.82, 2.24) is 0 Å². The zero-order valence-electron chi connectivity index (χ0n) is 10.8. The van der Waals surface area contributed by atoms with E-state index >= 15 is 0 Å². The van der Waals surface area contributed by atoms with Crippen LogP contribution in [0.5, 0.6) is 0 Å². The Labute approximate surface area is 103 Å². The van der Waals surface area contributed by atoms with Gasteiger partial charge in [0.25, 0.3) is 0 Å². The van der Waals surface area contributed by atoms with Crippen molar-refractivity contribution in [3.05, 3.63) is 35.4 Å². The van der Waals surface area contributed by atoms with Gasteiger partial charge in [-0.2, -0.15) is 0 Å². The first-order valence-corrected chi connectivity index (χ1v) is 6.02. The first-order chi connectivity index (χ1) is 8.04. The SMILES string of the molecule is CCC(C)C(N)C(=O)OCc1cccc(C)c1. The van der Waals surface area contributed by atoms with Crippen LogP contribution in [0.4, 0.5) is 0 Å². The fourth-order valence-corrected chi connectivity index (χ4v) is 1.54. The van der Waals surface area contributed by atoms with E-state index in [1.54, 1.807) is 0 Å². The lowest BCUT2D eigenvalue weighted by atomic mass is 10.0. The third kappa shape index (κ3) is 4.19. The molecule has 2 N–H and O–H groups in total. The second-order valence-electron chi connectivity index (χ2n) is 4.51. The van der Waals surface area contributed by atoms with Crippen molar-refractivity contribution < 1.29 is 9.53 Å². The molecule has 94 valence electrons. The highest BCUT2D eigenvalue weighted by Crippen LogP contribution is 2.09. The van der Waals surface area contributed by atoms with E-state index in [1.807, 2.05) is 45.0 Å². The van der Waals surface area contributed by atoms with Crippen LogP contribution >= 0.6 is 0 Å². The molecule has 0 saturated carbocycles.